The van der Waals surface area contributed by atoms with Crippen LogP contribution >= 0.6 is 11.6 Å². The van der Waals surface area contributed by atoms with E-state index in [0.717, 1.165) is 16.9 Å². The fourth-order valence-corrected chi connectivity index (χ4v) is 3.46. The minimum atomic E-state index is -0.295. The molecule has 1 aliphatic heterocycles. The van der Waals surface area contributed by atoms with Gasteiger partial charge in [-0.1, -0.05) is 41.1 Å². The molecule has 4 rings (SSSR count). The third-order valence-corrected chi connectivity index (χ3v) is 4.90. The number of carbonyl (C=O) groups excluding carboxylic acids is 1. The molecule has 0 saturated heterocycles. The largest absolute Gasteiger partial charge is 0.348 e. The lowest BCUT2D eigenvalue weighted by Gasteiger charge is -2.40. The molecule has 1 atom stereocenters. The maximum absolute atomic E-state index is 12.7. The maximum Gasteiger partial charge on any atom is 0.257 e. The van der Waals surface area contributed by atoms with E-state index in [4.69, 9.17) is 11.6 Å². The summed E-state index contributed by atoms with van der Waals surface area (Å²) in [4.78, 5) is 16.4. The third kappa shape index (κ3) is 2.82. The summed E-state index contributed by atoms with van der Waals surface area (Å²) < 4.78 is 1.77. The van der Waals surface area contributed by atoms with E-state index >= 15 is 0 Å². The van der Waals surface area contributed by atoms with Crippen LogP contribution in [-0.4, -0.2) is 39.9 Å². The van der Waals surface area contributed by atoms with Crippen molar-refractivity contribution in [3.05, 3.63) is 76.6 Å². The molecule has 1 aromatic heterocycles. The number of halogens is 1. The number of para-hydroxylation sites is 1. The minimum absolute atomic E-state index is 0.0176. The average molecular weight is 368 g/mol. The lowest BCUT2D eigenvalue weighted by molar-refractivity contribution is 0.0707. The number of hydrogen-bond acceptors (Lipinski definition) is 4. The van der Waals surface area contributed by atoms with Crippen LogP contribution in [0.25, 0.3) is 0 Å². The van der Waals surface area contributed by atoms with E-state index in [-0.39, 0.29) is 12.1 Å². The number of fused-ring (bicyclic) bond motifs is 1. The van der Waals surface area contributed by atoms with Gasteiger partial charge in [0.25, 0.3) is 5.91 Å². The van der Waals surface area contributed by atoms with Gasteiger partial charge in [-0.3, -0.25) is 4.79 Å². The Kier molecular flexibility index (Phi) is 4.12. The first-order valence-corrected chi connectivity index (χ1v) is 8.66. The van der Waals surface area contributed by atoms with Gasteiger partial charge in [0, 0.05) is 19.1 Å². The van der Waals surface area contributed by atoms with Gasteiger partial charge in [0.15, 0.2) is 6.17 Å². The number of nitrogens with zero attached hydrogens (tertiary/aromatic N) is 5. The molecular formula is C19H18ClN5O. The van der Waals surface area contributed by atoms with Crippen LogP contribution in [0.2, 0.25) is 5.02 Å². The summed E-state index contributed by atoms with van der Waals surface area (Å²) in [6.45, 7) is 0.592. The molecule has 6 nitrogen and oxygen atoms in total. The Bertz CT molecular complexity index is 953. The van der Waals surface area contributed by atoms with Crippen molar-refractivity contribution in [2.24, 2.45) is 0 Å². The standard InChI is InChI=1S/C19H18ClN5O/c1-23-17-6-4-3-5-15(17)19(26)24(2)18(23)16-12-25(22-21-16)11-13-7-9-14(20)10-8-13/h3-10,12,18H,11H2,1-2H3/t18-/m1/s1. The van der Waals surface area contributed by atoms with Crippen molar-refractivity contribution in [2.45, 2.75) is 12.7 Å². The van der Waals surface area contributed by atoms with E-state index < -0.39 is 0 Å². The smallest absolute Gasteiger partial charge is 0.257 e. The van der Waals surface area contributed by atoms with Crippen LogP contribution in [0.5, 0.6) is 0 Å². The van der Waals surface area contributed by atoms with Crippen molar-refractivity contribution in [2.75, 3.05) is 19.0 Å². The van der Waals surface area contributed by atoms with Crippen LogP contribution in [0.3, 0.4) is 0 Å². The van der Waals surface area contributed by atoms with Crippen LogP contribution in [0, 0.1) is 0 Å². The Morgan fingerprint density at radius 2 is 1.77 bits per heavy atom. The molecule has 0 bridgehead atoms. The molecule has 0 N–H and O–H groups in total. The number of carbonyl (C=O) groups is 1. The molecule has 2 heterocycles. The van der Waals surface area contributed by atoms with Crippen LogP contribution in [0.1, 0.15) is 27.8 Å². The number of aromatic nitrogens is 3. The van der Waals surface area contributed by atoms with Crippen molar-refractivity contribution in [3.63, 3.8) is 0 Å². The van der Waals surface area contributed by atoms with Crippen LogP contribution < -0.4 is 4.90 Å². The number of hydrogen-bond donors (Lipinski definition) is 0. The van der Waals surface area contributed by atoms with E-state index in [0.29, 0.717) is 17.1 Å². The lowest BCUT2D eigenvalue weighted by atomic mass is 10.1. The van der Waals surface area contributed by atoms with Crippen LogP contribution in [-0.2, 0) is 6.54 Å². The molecule has 0 fully saturated rings. The van der Waals surface area contributed by atoms with E-state index in [9.17, 15) is 4.79 Å². The maximum atomic E-state index is 12.7. The zero-order chi connectivity index (χ0) is 18.3. The second-order valence-electron chi connectivity index (χ2n) is 6.39. The molecule has 2 aromatic carbocycles. The van der Waals surface area contributed by atoms with Crippen molar-refractivity contribution in [3.8, 4) is 0 Å². The first kappa shape index (κ1) is 16.6. The van der Waals surface area contributed by atoms with Gasteiger partial charge < -0.3 is 9.80 Å². The molecule has 26 heavy (non-hydrogen) atoms. The second-order valence-corrected chi connectivity index (χ2v) is 6.82. The van der Waals surface area contributed by atoms with Crippen LogP contribution in [0.4, 0.5) is 5.69 Å². The number of amides is 1. The SMILES string of the molecule is CN1C(=O)c2ccccc2N(C)[C@H]1c1cn(Cc2ccc(Cl)cc2)nn1. The van der Waals surface area contributed by atoms with Crippen molar-refractivity contribution in [1.29, 1.82) is 0 Å². The Labute approximate surface area is 156 Å². The first-order chi connectivity index (χ1) is 12.5. The third-order valence-electron chi connectivity index (χ3n) is 4.65. The Balaban J connectivity index is 1.63. The minimum Gasteiger partial charge on any atom is -0.348 e. The van der Waals surface area contributed by atoms with Crippen molar-refractivity contribution < 1.29 is 4.79 Å². The van der Waals surface area contributed by atoms with Gasteiger partial charge in [-0.05, 0) is 29.8 Å². The van der Waals surface area contributed by atoms with Gasteiger partial charge in [0.1, 0.15) is 5.69 Å². The molecule has 0 saturated carbocycles. The zero-order valence-corrected chi connectivity index (χ0v) is 15.3. The first-order valence-electron chi connectivity index (χ1n) is 8.28. The van der Waals surface area contributed by atoms with Crippen LogP contribution in [0.15, 0.2) is 54.7 Å². The zero-order valence-electron chi connectivity index (χ0n) is 14.5. The Hall–Kier alpha value is -2.86. The molecule has 132 valence electrons. The molecule has 0 aliphatic carbocycles. The molecule has 1 amide bonds. The van der Waals surface area contributed by atoms with Crippen molar-refractivity contribution >= 4 is 23.2 Å². The van der Waals surface area contributed by atoms with Gasteiger partial charge >= 0.3 is 0 Å². The van der Waals surface area contributed by atoms with Gasteiger partial charge in [-0.15, -0.1) is 5.10 Å². The number of benzene rings is 2. The summed E-state index contributed by atoms with van der Waals surface area (Å²) in [6.07, 6.45) is 1.59. The predicted octanol–water partition coefficient (Wildman–Crippen LogP) is 3.20. The van der Waals surface area contributed by atoms with Gasteiger partial charge in [-0.2, -0.15) is 0 Å². The monoisotopic (exact) mass is 367 g/mol. The molecule has 3 aromatic rings. The van der Waals surface area contributed by atoms with E-state index in [1.807, 2.05) is 66.7 Å². The second kappa shape index (κ2) is 6.46. The summed E-state index contributed by atoms with van der Waals surface area (Å²) in [5.41, 5.74) is 3.40. The average Bonchev–Trinajstić information content (AvgIpc) is 3.10. The fraction of sp³-hybridized carbons (Fsp3) is 0.211. The summed E-state index contributed by atoms with van der Waals surface area (Å²) in [5.74, 6) is -0.0176. The highest BCUT2D eigenvalue weighted by Gasteiger charge is 2.35. The molecule has 0 radical (unpaired) electrons. The lowest BCUT2D eigenvalue weighted by Crippen LogP contribution is -2.45. The quantitative estimate of drug-likeness (QED) is 0.713. The summed E-state index contributed by atoms with van der Waals surface area (Å²) >= 11 is 5.93. The summed E-state index contributed by atoms with van der Waals surface area (Å²) in [6, 6.07) is 15.2. The van der Waals surface area contributed by atoms with E-state index in [1.165, 1.54) is 0 Å². The van der Waals surface area contributed by atoms with E-state index in [2.05, 4.69) is 10.3 Å². The highest BCUT2D eigenvalue weighted by atomic mass is 35.5. The normalized spacial score (nSPS) is 16.7. The summed E-state index contributed by atoms with van der Waals surface area (Å²) in [7, 11) is 3.75. The van der Waals surface area contributed by atoms with E-state index in [1.54, 1.807) is 16.6 Å². The number of rotatable bonds is 3. The van der Waals surface area contributed by atoms with Gasteiger partial charge in [-0.25, -0.2) is 4.68 Å². The summed E-state index contributed by atoms with van der Waals surface area (Å²) in [5, 5.41) is 9.25. The molecule has 1 aliphatic rings. The Morgan fingerprint density at radius 1 is 1.04 bits per heavy atom. The van der Waals surface area contributed by atoms with Crippen molar-refractivity contribution in [1.82, 2.24) is 19.9 Å². The molecule has 0 spiro atoms. The fourth-order valence-electron chi connectivity index (χ4n) is 3.34. The highest BCUT2D eigenvalue weighted by Crippen LogP contribution is 2.35. The predicted molar refractivity (Wildman–Crippen MR) is 100 cm³/mol. The molecule has 0 unspecified atom stereocenters. The molecule has 7 heteroatoms. The number of anilines is 1. The molecular weight excluding hydrogens is 350 g/mol. The van der Waals surface area contributed by atoms with Gasteiger partial charge in [0.05, 0.1) is 24.0 Å². The topological polar surface area (TPSA) is 54.3 Å². The van der Waals surface area contributed by atoms with Gasteiger partial charge in [0.2, 0.25) is 0 Å². The Morgan fingerprint density at radius 3 is 2.54 bits per heavy atom. The highest BCUT2D eigenvalue weighted by molar-refractivity contribution is 6.30.